The molecule has 1 aliphatic rings. The molecule has 6 rings (SSSR count). The highest BCUT2D eigenvalue weighted by molar-refractivity contribution is 5.95. The third kappa shape index (κ3) is 3.63. The molecule has 9 heteroatoms. The van der Waals surface area contributed by atoms with Gasteiger partial charge >= 0.3 is 0 Å². The van der Waals surface area contributed by atoms with E-state index in [2.05, 4.69) is 36.5 Å². The number of pyridine rings is 1. The van der Waals surface area contributed by atoms with Crippen molar-refractivity contribution in [1.82, 2.24) is 34.3 Å². The Morgan fingerprint density at radius 2 is 1.97 bits per heavy atom. The summed E-state index contributed by atoms with van der Waals surface area (Å²) in [5.74, 6) is 0.448. The van der Waals surface area contributed by atoms with Crippen LogP contribution in [0.15, 0.2) is 49.3 Å². The molecule has 0 atom stereocenters. The number of nitrogens with one attached hydrogen (secondary N) is 2. The third-order valence-corrected chi connectivity index (χ3v) is 6.59. The van der Waals surface area contributed by atoms with Gasteiger partial charge in [-0.15, -0.1) is 0 Å². The SMILES string of the molecule is Cn1cc(-c2cnn3ccc(-c4c[nH]c5nc(NCC6(F)CCCCC6)ncc45)cc23)cn1. The zero-order valence-electron chi connectivity index (χ0n) is 18.4. The van der Waals surface area contributed by atoms with Crippen molar-refractivity contribution in [2.45, 2.75) is 37.8 Å². The van der Waals surface area contributed by atoms with E-state index in [-0.39, 0.29) is 6.54 Å². The molecule has 2 N–H and O–H groups in total. The molecule has 1 fully saturated rings. The standard InChI is InChI=1S/C24H25FN8/c1-32-14-17(10-29-32)19-13-30-33-8-5-16(9-21(19)33)18-11-26-22-20(18)12-27-23(31-22)28-15-24(25)6-3-2-4-7-24/h5,8-14H,2-4,6-7,15H2,1H3,(H2,26,27,28,31). The van der Waals surface area contributed by atoms with Crippen molar-refractivity contribution in [1.29, 1.82) is 0 Å². The van der Waals surface area contributed by atoms with E-state index in [1.807, 2.05) is 48.6 Å². The molecular formula is C24H25FN8. The smallest absolute Gasteiger partial charge is 0.224 e. The van der Waals surface area contributed by atoms with E-state index in [0.717, 1.165) is 58.1 Å². The minimum absolute atomic E-state index is 0.251. The van der Waals surface area contributed by atoms with Gasteiger partial charge in [0.1, 0.15) is 11.3 Å². The molecule has 33 heavy (non-hydrogen) atoms. The highest BCUT2D eigenvalue weighted by Crippen LogP contribution is 2.33. The van der Waals surface area contributed by atoms with Gasteiger partial charge in [0, 0.05) is 53.9 Å². The summed E-state index contributed by atoms with van der Waals surface area (Å²) in [6, 6.07) is 4.14. The van der Waals surface area contributed by atoms with Gasteiger partial charge in [0.15, 0.2) is 0 Å². The summed E-state index contributed by atoms with van der Waals surface area (Å²) in [5, 5.41) is 12.8. The Morgan fingerprint density at radius 3 is 2.79 bits per heavy atom. The van der Waals surface area contributed by atoms with Crippen LogP contribution in [-0.2, 0) is 7.05 Å². The Kier molecular flexibility index (Phi) is 4.63. The lowest BCUT2D eigenvalue weighted by Crippen LogP contribution is -2.34. The maximum absolute atomic E-state index is 14.9. The fourth-order valence-corrected chi connectivity index (χ4v) is 4.76. The lowest BCUT2D eigenvalue weighted by atomic mass is 9.86. The first-order valence-electron chi connectivity index (χ1n) is 11.3. The Balaban J connectivity index is 1.30. The summed E-state index contributed by atoms with van der Waals surface area (Å²) in [5.41, 5.74) is 4.64. The number of rotatable bonds is 5. The van der Waals surface area contributed by atoms with E-state index in [1.165, 1.54) is 0 Å². The first kappa shape index (κ1) is 19.9. The van der Waals surface area contributed by atoms with Gasteiger partial charge in [-0.05, 0) is 30.5 Å². The van der Waals surface area contributed by atoms with Crippen LogP contribution in [0.3, 0.4) is 0 Å². The van der Waals surface area contributed by atoms with Gasteiger partial charge in [-0.1, -0.05) is 19.3 Å². The van der Waals surface area contributed by atoms with Crippen molar-refractivity contribution in [2.24, 2.45) is 7.05 Å². The van der Waals surface area contributed by atoms with Gasteiger partial charge in [-0.25, -0.2) is 13.9 Å². The normalized spacial score (nSPS) is 15.9. The molecule has 168 valence electrons. The summed E-state index contributed by atoms with van der Waals surface area (Å²) in [4.78, 5) is 12.3. The van der Waals surface area contributed by atoms with Crippen molar-refractivity contribution in [3.05, 3.63) is 49.3 Å². The zero-order valence-corrected chi connectivity index (χ0v) is 18.4. The van der Waals surface area contributed by atoms with E-state index < -0.39 is 5.67 Å². The molecule has 0 aliphatic heterocycles. The minimum Gasteiger partial charge on any atom is -0.351 e. The number of halogens is 1. The number of aromatic amines is 1. The van der Waals surface area contributed by atoms with E-state index in [1.54, 1.807) is 10.9 Å². The van der Waals surface area contributed by atoms with Gasteiger partial charge in [0.2, 0.25) is 5.95 Å². The maximum Gasteiger partial charge on any atom is 0.224 e. The minimum atomic E-state index is -1.16. The summed E-state index contributed by atoms with van der Waals surface area (Å²) < 4.78 is 18.6. The highest BCUT2D eigenvalue weighted by atomic mass is 19.1. The molecule has 1 saturated carbocycles. The average Bonchev–Trinajstić information content (AvgIpc) is 3.55. The number of aromatic nitrogens is 7. The first-order valence-corrected chi connectivity index (χ1v) is 11.3. The summed E-state index contributed by atoms with van der Waals surface area (Å²) in [6.45, 7) is 0.251. The second-order valence-electron chi connectivity index (χ2n) is 8.93. The van der Waals surface area contributed by atoms with Crippen LogP contribution in [0.5, 0.6) is 0 Å². The second-order valence-corrected chi connectivity index (χ2v) is 8.93. The van der Waals surface area contributed by atoms with Crippen molar-refractivity contribution in [3.8, 4) is 22.3 Å². The van der Waals surface area contributed by atoms with Crippen LogP contribution >= 0.6 is 0 Å². The zero-order chi connectivity index (χ0) is 22.4. The molecule has 0 amide bonds. The number of hydrogen-bond acceptors (Lipinski definition) is 5. The lowest BCUT2D eigenvalue weighted by molar-refractivity contribution is 0.122. The lowest BCUT2D eigenvalue weighted by Gasteiger charge is -2.29. The number of fused-ring (bicyclic) bond motifs is 2. The van der Waals surface area contributed by atoms with Gasteiger partial charge in [0.05, 0.1) is 24.5 Å². The van der Waals surface area contributed by atoms with Crippen LogP contribution in [0.1, 0.15) is 32.1 Å². The fourth-order valence-electron chi connectivity index (χ4n) is 4.76. The predicted molar refractivity (Wildman–Crippen MR) is 126 cm³/mol. The van der Waals surface area contributed by atoms with Crippen LogP contribution in [0.4, 0.5) is 10.3 Å². The van der Waals surface area contributed by atoms with Crippen molar-refractivity contribution in [3.63, 3.8) is 0 Å². The molecule has 0 spiro atoms. The molecule has 0 bridgehead atoms. The molecule has 0 radical (unpaired) electrons. The fraction of sp³-hybridized carbons (Fsp3) is 0.333. The number of H-pyrrole nitrogens is 1. The summed E-state index contributed by atoms with van der Waals surface area (Å²) >= 11 is 0. The summed E-state index contributed by atoms with van der Waals surface area (Å²) in [6.07, 6.45) is 15.6. The molecule has 0 unspecified atom stereocenters. The van der Waals surface area contributed by atoms with E-state index >= 15 is 0 Å². The molecule has 0 aromatic carbocycles. The van der Waals surface area contributed by atoms with Crippen molar-refractivity contribution >= 4 is 22.5 Å². The van der Waals surface area contributed by atoms with Gasteiger partial charge in [-0.2, -0.15) is 15.2 Å². The largest absolute Gasteiger partial charge is 0.351 e. The number of alkyl halides is 1. The molecule has 5 aromatic rings. The Morgan fingerprint density at radius 1 is 1.09 bits per heavy atom. The van der Waals surface area contributed by atoms with Crippen molar-refractivity contribution < 1.29 is 4.39 Å². The van der Waals surface area contributed by atoms with Gasteiger partial charge in [0.25, 0.3) is 0 Å². The van der Waals surface area contributed by atoms with Gasteiger partial charge < -0.3 is 10.3 Å². The molecular weight excluding hydrogens is 419 g/mol. The number of anilines is 1. The Hall–Kier alpha value is -3.75. The first-order chi connectivity index (χ1) is 16.1. The quantitative estimate of drug-likeness (QED) is 0.408. The molecule has 5 heterocycles. The average molecular weight is 445 g/mol. The van der Waals surface area contributed by atoms with Crippen LogP contribution in [-0.4, -0.2) is 46.6 Å². The second kappa shape index (κ2) is 7.68. The molecule has 1 aliphatic carbocycles. The molecule has 8 nitrogen and oxygen atoms in total. The summed E-state index contributed by atoms with van der Waals surface area (Å²) in [7, 11) is 1.90. The third-order valence-electron chi connectivity index (χ3n) is 6.59. The van der Waals surface area contributed by atoms with Gasteiger partial charge in [-0.3, -0.25) is 4.68 Å². The molecule has 5 aromatic heterocycles. The number of aryl methyl sites for hydroxylation is 1. The Bertz CT molecular complexity index is 1440. The van der Waals surface area contributed by atoms with Crippen LogP contribution in [0.25, 0.3) is 38.8 Å². The van der Waals surface area contributed by atoms with E-state index in [9.17, 15) is 4.39 Å². The van der Waals surface area contributed by atoms with E-state index in [0.29, 0.717) is 18.8 Å². The van der Waals surface area contributed by atoms with Crippen LogP contribution < -0.4 is 5.32 Å². The predicted octanol–water partition coefficient (Wildman–Crippen LogP) is 4.76. The topological polar surface area (TPSA) is 88.7 Å². The molecule has 0 saturated heterocycles. The monoisotopic (exact) mass is 444 g/mol. The number of nitrogens with zero attached hydrogens (tertiary/aromatic N) is 6. The Labute approximate surface area is 189 Å². The van der Waals surface area contributed by atoms with E-state index in [4.69, 9.17) is 0 Å². The highest BCUT2D eigenvalue weighted by Gasteiger charge is 2.31. The van der Waals surface area contributed by atoms with Crippen LogP contribution in [0.2, 0.25) is 0 Å². The van der Waals surface area contributed by atoms with Crippen LogP contribution in [0, 0.1) is 0 Å². The maximum atomic E-state index is 14.9. The number of hydrogen-bond donors (Lipinski definition) is 2. The van der Waals surface area contributed by atoms with Crippen molar-refractivity contribution in [2.75, 3.05) is 11.9 Å².